The van der Waals surface area contributed by atoms with Gasteiger partial charge in [-0.15, -0.1) is 0 Å². The molecule has 1 aliphatic heterocycles. The summed E-state index contributed by atoms with van der Waals surface area (Å²) in [4.78, 5) is 2.31. The standard InChI is InChI=1S/C15H23N2/c1-5-11-17(12-10-16(4)14(17)3)15-9-7-6-8-13(15)2/h6-10,12,14H,5,11H2,1-4H3/q+1. The van der Waals surface area contributed by atoms with Crippen LogP contribution in [0.2, 0.25) is 0 Å². The zero-order valence-electron chi connectivity index (χ0n) is 11.4. The van der Waals surface area contributed by atoms with E-state index in [1.807, 2.05) is 0 Å². The number of benzene rings is 1. The predicted molar refractivity (Wildman–Crippen MR) is 74.5 cm³/mol. The summed E-state index contributed by atoms with van der Waals surface area (Å²) in [5.74, 6) is 0. The number of rotatable bonds is 3. The van der Waals surface area contributed by atoms with E-state index in [1.54, 1.807) is 0 Å². The van der Waals surface area contributed by atoms with E-state index in [0.29, 0.717) is 6.17 Å². The maximum absolute atomic E-state index is 2.34. The Morgan fingerprint density at radius 2 is 2.00 bits per heavy atom. The van der Waals surface area contributed by atoms with Crippen molar-refractivity contribution in [2.45, 2.75) is 33.4 Å². The van der Waals surface area contributed by atoms with Crippen molar-refractivity contribution in [2.24, 2.45) is 0 Å². The Hall–Kier alpha value is -1.28. The average Bonchev–Trinajstić information content (AvgIpc) is 2.60. The van der Waals surface area contributed by atoms with Gasteiger partial charge < -0.3 is 4.90 Å². The molecule has 2 heteroatoms. The van der Waals surface area contributed by atoms with Crippen molar-refractivity contribution in [1.29, 1.82) is 0 Å². The number of para-hydroxylation sites is 1. The first-order valence-electron chi connectivity index (χ1n) is 6.46. The third kappa shape index (κ3) is 1.87. The molecule has 2 rings (SSSR count). The zero-order valence-corrected chi connectivity index (χ0v) is 11.4. The molecular weight excluding hydrogens is 208 g/mol. The lowest BCUT2D eigenvalue weighted by Gasteiger charge is -2.38. The Labute approximate surface area is 105 Å². The fraction of sp³-hybridized carbons (Fsp3) is 0.467. The fourth-order valence-electron chi connectivity index (χ4n) is 2.86. The Kier molecular flexibility index (Phi) is 3.25. The average molecular weight is 231 g/mol. The van der Waals surface area contributed by atoms with Crippen LogP contribution >= 0.6 is 0 Å². The van der Waals surface area contributed by atoms with Crippen molar-refractivity contribution in [3.8, 4) is 0 Å². The van der Waals surface area contributed by atoms with Crippen LogP contribution in [0.15, 0.2) is 36.7 Å². The summed E-state index contributed by atoms with van der Waals surface area (Å²) in [5.41, 5.74) is 2.82. The van der Waals surface area contributed by atoms with Gasteiger partial charge in [0, 0.05) is 19.5 Å². The quantitative estimate of drug-likeness (QED) is 0.720. The molecule has 2 atom stereocenters. The topological polar surface area (TPSA) is 3.24 Å². The number of quaternary nitrogens is 1. The fourth-order valence-corrected chi connectivity index (χ4v) is 2.86. The van der Waals surface area contributed by atoms with E-state index >= 15 is 0 Å². The second kappa shape index (κ2) is 4.53. The number of hydrogen-bond acceptors (Lipinski definition) is 1. The van der Waals surface area contributed by atoms with Crippen LogP contribution in [0.25, 0.3) is 0 Å². The molecule has 92 valence electrons. The van der Waals surface area contributed by atoms with Gasteiger partial charge in [-0.1, -0.05) is 25.1 Å². The summed E-state index contributed by atoms with van der Waals surface area (Å²) in [6, 6.07) is 8.75. The van der Waals surface area contributed by atoms with E-state index in [2.05, 4.69) is 69.4 Å². The first kappa shape index (κ1) is 12.2. The molecule has 1 heterocycles. The first-order chi connectivity index (χ1) is 8.12. The minimum Gasteiger partial charge on any atom is -0.327 e. The summed E-state index contributed by atoms with van der Waals surface area (Å²) < 4.78 is 0.958. The second-order valence-electron chi connectivity index (χ2n) is 5.04. The smallest absolute Gasteiger partial charge is 0.170 e. The molecule has 17 heavy (non-hydrogen) atoms. The predicted octanol–water partition coefficient (Wildman–Crippen LogP) is 3.47. The molecule has 0 aromatic heterocycles. The number of nitrogens with zero attached hydrogens (tertiary/aromatic N) is 2. The van der Waals surface area contributed by atoms with E-state index in [4.69, 9.17) is 0 Å². The van der Waals surface area contributed by atoms with Gasteiger partial charge in [-0.3, -0.25) is 0 Å². The van der Waals surface area contributed by atoms with Crippen LogP contribution in [0, 0.1) is 6.92 Å². The molecule has 0 N–H and O–H groups in total. The van der Waals surface area contributed by atoms with Crippen LogP contribution in [-0.4, -0.2) is 24.7 Å². The van der Waals surface area contributed by atoms with Crippen molar-refractivity contribution in [3.63, 3.8) is 0 Å². The lowest BCUT2D eigenvalue weighted by atomic mass is 10.1. The molecule has 0 bridgehead atoms. The van der Waals surface area contributed by atoms with Gasteiger partial charge in [-0.05, 0) is 19.4 Å². The SMILES string of the molecule is CCC[N+]1(c2ccccc2C)C=CN(C)C1C. The van der Waals surface area contributed by atoms with Crippen LogP contribution in [-0.2, 0) is 0 Å². The van der Waals surface area contributed by atoms with E-state index in [9.17, 15) is 0 Å². The molecule has 1 aromatic rings. The third-order valence-corrected chi connectivity index (χ3v) is 3.98. The van der Waals surface area contributed by atoms with E-state index < -0.39 is 0 Å². The second-order valence-corrected chi connectivity index (χ2v) is 5.04. The Bertz CT molecular complexity index is 425. The minimum atomic E-state index is 0.482. The summed E-state index contributed by atoms with van der Waals surface area (Å²) in [5, 5.41) is 0. The largest absolute Gasteiger partial charge is 0.327 e. The third-order valence-electron chi connectivity index (χ3n) is 3.98. The monoisotopic (exact) mass is 231 g/mol. The van der Waals surface area contributed by atoms with Gasteiger partial charge in [0.25, 0.3) is 0 Å². The van der Waals surface area contributed by atoms with E-state index in [0.717, 1.165) is 11.0 Å². The van der Waals surface area contributed by atoms with Crippen molar-refractivity contribution in [3.05, 3.63) is 42.2 Å². The van der Waals surface area contributed by atoms with Gasteiger partial charge in [0.15, 0.2) is 6.17 Å². The summed E-state index contributed by atoms with van der Waals surface area (Å²) >= 11 is 0. The normalized spacial score (nSPS) is 27.8. The van der Waals surface area contributed by atoms with Crippen LogP contribution in [0.3, 0.4) is 0 Å². The van der Waals surface area contributed by atoms with Crippen molar-refractivity contribution in [2.75, 3.05) is 13.6 Å². The molecule has 0 radical (unpaired) electrons. The summed E-state index contributed by atoms with van der Waals surface area (Å²) in [7, 11) is 2.16. The highest BCUT2D eigenvalue weighted by molar-refractivity contribution is 5.53. The first-order valence-corrected chi connectivity index (χ1v) is 6.46. The molecule has 0 saturated heterocycles. The lowest BCUT2D eigenvalue weighted by Crippen LogP contribution is -2.53. The maximum atomic E-state index is 2.34. The maximum Gasteiger partial charge on any atom is 0.170 e. The molecule has 2 unspecified atom stereocenters. The molecule has 1 aromatic carbocycles. The van der Waals surface area contributed by atoms with Gasteiger partial charge in [-0.25, -0.2) is 4.48 Å². The highest BCUT2D eigenvalue weighted by Gasteiger charge is 2.40. The van der Waals surface area contributed by atoms with Crippen LogP contribution in [0.4, 0.5) is 5.69 Å². The van der Waals surface area contributed by atoms with Crippen LogP contribution < -0.4 is 4.48 Å². The molecule has 0 spiro atoms. The van der Waals surface area contributed by atoms with Gasteiger partial charge in [0.2, 0.25) is 0 Å². The van der Waals surface area contributed by atoms with Crippen molar-refractivity contribution >= 4 is 5.69 Å². The van der Waals surface area contributed by atoms with Gasteiger partial charge in [-0.2, -0.15) is 0 Å². The molecule has 0 amide bonds. The summed E-state index contributed by atoms with van der Waals surface area (Å²) in [6.45, 7) is 7.94. The Morgan fingerprint density at radius 1 is 1.29 bits per heavy atom. The highest BCUT2D eigenvalue weighted by Crippen LogP contribution is 2.35. The highest BCUT2D eigenvalue weighted by atomic mass is 15.5. The minimum absolute atomic E-state index is 0.482. The molecule has 0 aliphatic carbocycles. The molecule has 1 aliphatic rings. The Morgan fingerprint density at radius 3 is 2.53 bits per heavy atom. The van der Waals surface area contributed by atoms with Crippen LogP contribution in [0.1, 0.15) is 25.8 Å². The van der Waals surface area contributed by atoms with Crippen LogP contribution in [0.5, 0.6) is 0 Å². The number of hydrogen-bond donors (Lipinski definition) is 0. The van der Waals surface area contributed by atoms with E-state index in [-0.39, 0.29) is 0 Å². The van der Waals surface area contributed by atoms with Gasteiger partial charge in [0.1, 0.15) is 11.9 Å². The number of aryl methyl sites for hydroxylation is 1. The van der Waals surface area contributed by atoms with Crippen molar-refractivity contribution < 1.29 is 0 Å². The van der Waals surface area contributed by atoms with E-state index in [1.165, 1.54) is 17.7 Å². The zero-order chi connectivity index (χ0) is 12.5. The molecular formula is C15H23N2+. The molecule has 0 fully saturated rings. The summed E-state index contributed by atoms with van der Waals surface area (Å²) in [6.07, 6.45) is 6.23. The van der Waals surface area contributed by atoms with Gasteiger partial charge >= 0.3 is 0 Å². The lowest BCUT2D eigenvalue weighted by molar-refractivity contribution is 0.196. The molecule has 2 nitrogen and oxygen atoms in total. The van der Waals surface area contributed by atoms with Gasteiger partial charge in [0.05, 0.1) is 12.7 Å². The molecule has 0 saturated carbocycles. The van der Waals surface area contributed by atoms with Crippen molar-refractivity contribution in [1.82, 2.24) is 9.38 Å². The Balaban J connectivity index is 2.50.